The third-order valence-corrected chi connectivity index (χ3v) is 4.44. The zero-order valence-electron chi connectivity index (χ0n) is 11.2. The standard InChI is InChI=1S/C16H24N2/c1-2-13(3-1)6-8-17-11-14-4-5-15-7-9-18-12-16(15)10-14/h4-5,10,13,17-18H,1-3,6-9,11-12H2. The fraction of sp³-hybridized carbons (Fsp3) is 0.625. The van der Waals surface area contributed by atoms with Crippen molar-refractivity contribution in [1.82, 2.24) is 10.6 Å². The van der Waals surface area contributed by atoms with Crippen molar-refractivity contribution in [2.45, 2.75) is 45.2 Å². The lowest BCUT2D eigenvalue weighted by Gasteiger charge is -2.25. The minimum atomic E-state index is 1.02. The van der Waals surface area contributed by atoms with Crippen LogP contribution in [0, 0.1) is 5.92 Å². The van der Waals surface area contributed by atoms with E-state index >= 15 is 0 Å². The van der Waals surface area contributed by atoms with E-state index in [0.717, 1.165) is 25.6 Å². The van der Waals surface area contributed by atoms with Gasteiger partial charge in [0.2, 0.25) is 0 Å². The molecular weight excluding hydrogens is 220 g/mol. The quantitative estimate of drug-likeness (QED) is 0.778. The Morgan fingerprint density at radius 3 is 3.00 bits per heavy atom. The van der Waals surface area contributed by atoms with Crippen LogP contribution in [0.2, 0.25) is 0 Å². The van der Waals surface area contributed by atoms with E-state index in [0.29, 0.717) is 0 Å². The first-order valence-corrected chi connectivity index (χ1v) is 7.44. The van der Waals surface area contributed by atoms with Crippen molar-refractivity contribution in [3.8, 4) is 0 Å². The van der Waals surface area contributed by atoms with E-state index in [9.17, 15) is 0 Å². The lowest BCUT2D eigenvalue weighted by Crippen LogP contribution is -2.24. The summed E-state index contributed by atoms with van der Waals surface area (Å²) in [4.78, 5) is 0. The Bertz CT molecular complexity index is 396. The largest absolute Gasteiger partial charge is 0.313 e. The number of rotatable bonds is 5. The van der Waals surface area contributed by atoms with Gasteiger partial charge in [-0.05, 0) is 48.5 Å². The van der Waals surface area contributed by atoms with Crippen LogP contribution in [0.5, 0.6) is 0 Å². The second kappa shape index (κ2) is 5.85. The highest BCUT2D eigenvalue weighted by molar-refractivity contribution is 5.33. The SMILES string of the molecule is c1cc2c(cc1CNCCC1CCC1)CNCC2. The third-order valence-electron chi connectivity index (χ3n) is 4.44. The average Bonchev–Trinajstić information content (AvgIpc) is 2.36. The van der Waals surface area contributed by atoms with Gasteiger partial charge in [0.1, 0.15) is 0 Å². The second-order valence-corrected chi connectivity index (χ2v) is 5.79. The lowest BCUT2D eigenvalue weighted by atomic mass is 9.83. The molecule has 0 atom stereocenters. The highest BCUT2D eigenvalue weighted by Crippen LogP contribution is 2.28. The van der Waals surface area contributed by atoms with Gasteiger partial charge in [0, 0.05) is 13.1 Å². The zero-order valence-corrected chi connectivity index (χ0v) is 11.2. The van der Waals surface area contributed by atoms with E-state index in [1.807, 2.05) is 0 Å². The number of nitrogens with one attached hydrogen (secondary N) is 2. The van der Waals surface area contributed by atoms with Gasteiger partial charge in [-0.15, -0.1) is 0 Å². The third kappa shape index (κ3) is 2.93. The summed E-state index contributed by atoms with van der Waals surface area (Å²) in [5.74, 6) is 1.02. The van der Waals surface area contributed by atoms with Crippen LogP contribution >= 0.6 is 0 Å². The lowest BCUT2D eigenvalue weighted by molar-refractivity contribution is 0.292. The topological polar surface area (TPSA) is 24.1 Å². The highest BCUT2D eigenvalue weighted by Gasteiger charge is 2.16. The molecule has 0 radical (unpaired) electrons. The second-order valence-electron chi connectivity index (χ2n) is 5.79. The van der Waals surface area contributed by atoms with Gasteiger partial charge in [0.25, 0.3) is 0 Å². The maximum atomic E-state index is 3.59. The molecule has 2 N–H and O–H groups in total. The van der Waals surface area contributed by atoms with Crippen molar-refractivity contribution in [2.24, 2.45) is 5.92 Å². The van der Waals surface area contributed by atoms with Gasteiger partial charge in [0.05, 0.1) is 0 Å². The zero-order chi connectivity index (χ0) is 12.2. The monoisotopic (exact) mass is 244 g/mol. The molecule has 0 unspecified atom stereocenters. The smallest absolute Gasteiger partial charge is 0.0208 e. The van der Waals surface area contributed by atoms with Gasteiger partial charge in [-0.1, -0.05) is 37.5 Å². The number of fused-ring (bicyclic) bond motifs is 1. The van der Waals surface area contributed by atoms with Crippen molar-refractivity contribution in [3.05, 3.63) is 34.9 Å². The molecule has 0 bridgehead atoms. The maximum Gasteiger partial charge on any atom is 0.0208 e. The summed E-state index contributed by atoms with van der Waals surface area (Å²) in [6, 6.07) is 6.98. The number of hydrogen-bond acceptors (Lipinski definition) is 2. The Morgan fingerprint density at radius 1 is 1.22 bits per heavy atom. The van der Waals surface area contributed by atoms with Crippen LogP contribution < -0.4 is 10.6 Å². The molecule has 0 spiro atoms. The van der Waals surface area contributed by atoms with E-state index in [1.54, 1.807) is 0 Å². The molecule has 1 heterocycles. The summed E-state index contributed by atoms with van der Waals surface area (Å²) in [7, 11) is 0. The predicted molar refractivity (Wildman–Crippen MR) is 75.5 cm³/mol. The fourth-order valence-electron chi connectivity index (χ4n) is 2.96. The van der Waals surface area contributed by atoms with Crippen LogP contribution in [0.3, 0.4) is 0 Å². The molecule has 18 heavy (non-hydrogen) atoms. The van der Waals surface area contributed by atoms with Crippen LogP contribution in [0.25, 0.3) is 0 Å². The Hall–Kier alpha value is -0.860. The number of hydrogen-bond donors (Lipinski definition) is 2. The minimum Gasteiger partial charge on any atom is -0.313 e. The molecule has 1 fully saturated rings. The molecule has 1 aliphatic carbocycles. The van der Waals surface area contributed by atoms with E-state index in [-0.39, 0.29) is 0 Å². The Labute approximate surface area is 110 Å². The Kier molecular flexibility index (Phi) is 3.96. The molecule has 0 amide bonds. The molecule has 98 valence electrons. The molecular formula is C16H24N2. The van der Waals surface area contributed by atoms with E-state index in [1.165, 1.54) is 55.3 Å². The van der Waals surface area contributed by atoms with Gasteiger partial charge >= 0.3 is 0 Å². The summed E-state index contributed by atoms with van der Waals surface area (Å²) in [6.07, 6.45) is 6.94. The first-order chi connectivity index (χ1) is 8.92. The van der Waals surface area contributed by atoms with Crippen LogP contribution in [0.15, 0.2) is 18.2 Å². The van der Waals surface area contributed by atoms with Gasteiger partial charge < -0.3 is 10.6 Å². The van der Waals surface area contributed by atoms with Crippen molar-refractivity contribution < 1.29 is 0 Å². The Morgan fingerprint density at radius 2 is 2.17 bits per heavy atom. The molecule has 0 saturated heterocycles. The van der Waals surface area contributed by atoms with Gasteiger partial charge in [0.15, 0.2) is 0 Å². The molecule has 2 heteroatoms. The molecule has 1 aromatic carbocycles. The predicted octanol–water partition coefficient (Wildman–Crippen LogP) is 2.61. The van der Waals surface area contributed by atoms with E-state index < -0.39 is 0 Å². The molecule has 1 aliphatic heterocycles. The van der Waals surface area contributed by atoms with Crippen molar-refractivity contribution in [2.75, 3.05) is 13.1 Å². The summed E-state index contributed by atoms with van der Waals surface area (Å²) in [5, 5.41) is 7.03. The molecule has 3 rings (SSSR count). The highest BCUT2D eigenvalue weighted by atomic mass is 14.9. The van der Waals surface area contributed by atoms with Crippen LogP contribution in [-0.4, -0.2) is 13.1 Å². The first kappa shape index (κ1) is 12.2. The molecule has 2 aliphatic rings. The van der Waals surface area contributed by atoms with Crippen molar-refractivity contribution in [1.29, 1.82) is 0 Å². The first-order valence-electron chi connectivity index (χ1n) is 7.44. The fourth-order valence-corrected chi connectivity index (χ4v) is 2.96. The van der Waals surface area contributed by atoms with Gasteiger partial charge in [-0.3, -0.25) is 0 Å². The van der Waals surface area contributed by atoms with Gasteiger partial charge in [-0.25, -0.2) is 0 Å². The average molecular weight is 244 g/mol. The summed E-state index contributed by atoms with van der Waals surface area (Å²) in [6.45, 7) is 4.39. The molecule has 2 nitrogen and oxygen atoms in total. The van der Waals surface area contributed by atoms with E-state index in [4.69, 9.17) is 0 Å². The van der Waals surface area contributed by atoms with Crippen molar-refractivity contribution >= 4 is 0 Å². The van der Waals surface area contributed by atoms with Crippen LogP contribution in [-0.2, 0) is 19.5 Å². The maximum absolute atomic E-state index is 3.59. The summed E-state index contributed by atoms with van der Waals surface area (Å²) in [5.41, 5.74) is 4.47. The Balaban J connectivity index is 1.46. The normalized spacial score (nSPS) is 19.3. The van der Waals surface area contributed by atoms with Crippen molar-refractivity contribution in [3.63, 3.8) is 0 Å². The molecule has 1 saturated carbocycles. The van der Waals surface area contributed by atoms with E-state index in [2.05, 4.69) is 28.8 Å². The summed E-state index contributed by atoms with van der Waals surface area (Å²) >= 11 is 0. The van der Waals surface area contributed by atoms with Crippen LogP contribution in [0.1, 0.15) is 42.4 Å². The van der Waals surface area contributed by atoms with Crippen LogP contribution in [0.4, 0.5) is 0 Å². The number of benzene rings is 1. The molecule has 0 aromatic heterocycles. The van der Waals surface area contributed by atoms with Gasteiger partial charge in [-0.2, -0.15) is 0 Å². The minimum absolute atomic E-state index is 1.02. The molecule has 1 aromatic rings. The summed E-state index contributed by atoms with van der Waals surface area (Å²) < 4.78 is 0.